The summed E-state index contributed by atoms with van der Waals surface area (Å²) in [6.45, 7) is -0.0658. The molecule has 3 heterocycles. The molecule has 2 fully saturated rings. The molecular formula is C37H32N2O9. The van der Waals surface area contributed by atoms with Crippen molar-refractivity contribution >= 4 is 29.6 Å². The summed E-state index contributed by atoms with van der Waals surface area (Å²) in [6, 6.07) is 27.7. The first-order valence-electron chi connectivity index (χ1n) is 15.5. The summed E-state index contributed by atoms with van der Waals surface area (Å²) in [5.41, 5.74) is 0.266. The number of hydrogen-bond donors (Lipinski definition) is 2. The number of fused-ring (bicyclic) bond motifs is 3. The molecule has 6 atom stereocenters. The fourth-order valence-corrected chi connectivity index (χ4v) is 7.76. The summed E-state index contributed by atoms with van der Waals surface area (Å²) in [4.78, 5) is 59.4. The van der Waals surface area contributed by atoms with Crippen molar-refractivity contribution in [1.29, 1.82) is 0 Å². The lowest BCUT2D eigenvalue weighted by atomic mass is 9.65. The van der Waals surface area contributed by atoms with Crippen LogP contribution in [0.4, 0.5) is 10.5 Å². The topological polar surface area (TPSA) is 143 Å². The Hall–Kier alpha value is -5.52. The average Bonchev–Trinajstić information content (AvgIpc) is 3.56. The molecule has 11 heteroatoms. The molecule has 0 aromatic heterocycles. The van der Waals surface area contributed by atoms with Gasteiger partial charge in [0, 0.05) is 7.11 Å². The third-order valence-electron chi connectivity index (χ3n) is 9.54. The van der Waals surface area contributed by atoms with E-state index in [2.05, 4.69) is 0 Å². The number of carbonyl (C=O) groups is 4. The monoisotopic (exact) mass is 648 g/mol. The minimum Gasteiger partial charge on any atom is -0.508 e. The van der Waals surface area contributed by atoms with Crippen LogP contribution in [0.15, 0.2) is 109 Å². The zero-order valence-corrected chi connectivity index (χ0v) is 25.8. The number of amides is 2. The number of morpholine rings is 1. The van der Waals surface area contributed by atoms with E-state index in [4.69, 9.17) is 14.2 Å². The largest absolute Gasteiger partial charge is 0.508 e. The Kier molecular flexibility index (Phi) is 7.94. The van der Waals surface area contributed by atoms with E-state index in [-0.39, 0.29) is 30.2 Å². The van der Waals surface area contributed by atoms with Gasteiger partial charge >= 0.3 is 18.0 Å². The minimum atomic E-state index is -2.01. The van der Waals surface area contributed by atoms with E-state index < -0.39 is 59.5 Å². The van der Waals surface area contributed by atoms with Gasteiger partial charge in [0.05, 0.1) is 24.4 Å². The van der Waals surface area contributed by atoms with Gasteiger partial charge in [-0.15, -0.1) is 0 Å². The summed E-state index contributed by atoms with van der Waals surface area (Å²) in [5, 5.41) is 21.4. The van der Waals surface area contributed by atoms with Crippen molar-refractivity contribution in [2.75, 3.05) is 25.2 Å². The van der Waals surface area contributed by atoms with Crippen molar-refractivity contribution in [2.45, 2.75) is 29.6 Å². The van der Waals surface area contributed by atoms with Crippen molar-refractivity contribution < 1.29 is 43.6 Å². The fraction of sp³-hybridized carbons (Fsp3) is 0.243. The van der Waals surface area contributed by atoms with Crippen molar-refractivity contribution in [3.63, 3.8) is 0 Å². The Morgan fingerprint density at radius 3 is 2.06 bits per heavy atom. The van der Waals surface area contributed by atoms with E-state index in [1.165, 1.54) is 19.2 Å². The van der Waals surface area contributed by atoms with Crippen molar-refractivity contribution in [3.8, 4) is 5.75 Å². The number of methoxy groups -OCH3 is 1. The number of rotatable bonds is 7. The van der Waals surface area contributed by atoms with Crippen molar-refractivity contribution in [3.05, 3.63) is 131 Å². The third-order valence-corrected chi connectivity index (χ3v) is 9.54. The van der Waals surface area contributed by atoms with Crippen LogP contribution >= 0.6 is 0 Å². The van der Waals surface area contributed by atoms with Crippen LogP contribution < -0.4 is 4.90 Å². The predicted octanol–water partition coefficient (Wildman–Crippen LogP) is 4.93. The number of cyclic esters (lactones) is 1. The molecule has 2 amide bonds. The number of nitrogens with zero attached hydrogens (tertiary/aromatic N) is 2. The average molecular weight is 649 g/mol. The second kappa shape index (κ2) is 12.3. The summed E-state index contributed by atoms with van der Waals surface area (Å²) < 4.78 is 16.6. The van der Waals surface area contributed by atoms with Gasteiger partial charge in [-0.1, -0.05) is 91.0 Å². The number of carboxylic acids is 1. The number of aromatic hydroxyl groups is 1. The van der Waals surface area contributed by atoms with Crippen LogP contribution in [-0.4, -0.2) is 65.4 Å². The van der Waals surface area contributed by atoms with E-state index in [1.807, 2.05) is 60.7 Å². The smallest absolute Gasteiger partial charge is 0.421 e. The third kappa shape index (κ3) is 4.65. The molecule has 1 spiro atoms. The number of carbonyl (C=O) groups excluding carboxylic acids is 3. The molecule has 4 aromatic carbocycles. The lowest BCUT2D eigenvalue weighted by Crippen LogP contribution is -2.53. The maximum absolute atomic E-state index is 15.2. The Balaban J connectivity index is 1.53. The van der Waals surface area contributed by atoms with Crippen molar-refractivity contribution in [1.82, 2.24) is 4.90 Å². The summed E-state index contributed by atoms with van der Waals surface area (Å²) in [5.74, 6) is -4.81. The SMILES string of the molecule is COCCOC(=O)N1C(=O)[C@@]2(c3ccccc31)[C@H](c1ccc(O)cc1)N1[C@H](c3ccccc3)[C@H](c3ccccc3)OC(=O)[C@H]1[C@@H]2C(=O)O. The maximum Gasteiger partial charge on any atom is 0.421 e. The highest BCUT2D eigenvalue weighted by Crippen LogP contribution is 2.65. The van der Waals surface area contributed by atoms with Gasteiger partial charge in [-0.05, 0) is 40.5 Å². The second-order valence-electron chi connectivity index (χ2n) is 12.0. The minimum absolute atomic E-state index is 0.0431. The number of phenolic OH excluding ortho intramolecular Hbond substituents is 1. The Morgan fingerprint density at radius 1 is 0.792 bits per heavy atom. The molecule has 11 nitrogen and oxygen atoms in total. The van der Waals surface area contributed by atoms with Gasteiger partial charge in [0.2, 0.25) is 5.91 Å². The number of hydrogen-bond acceptors (Lipinski definition) is 9. The number of esters is 1. The van der Waals surface area contributed by atoms with Gasteiger partial charge < -0.3 is 24.4 Å². The second-order valence-corrected chi connectivity index (χ2v) is 12.0. The molecule has 0 radical (unpaired) electrons. The van der Waals surface area contributed by atoms with Crippen LogP contribution in [0.3, 0.4) is 0 Å². The molecule has 7 rings (SSSR count). The first-order chi connectivity index (χ1) is 23.3. The molecule has 2 saturated heterocycles. The molecular weight excluding hydrogens is 616 g/mol. The van der Waals surface area contributed by atoms with Crippen LogP contribution in [0.1, 0.15) is 40.4 Å². The van der Waals surface area contributed by atoms with Crippen LogP contribution in [0.25, 0.3) is 0 Å². The van der Waals surface area contributed by atoms with Gasteiger partial charge in [-0.2, -0.15) is 0 Å². The molecule has 0 unspecified atom stereocenters. The summed E-state index contributed by atoms with van der Waals surface area (Å²) in [6.07, 6.45) is -1.88. The van der Waals surface area contributed by atoms with E-state index in [1.54, 1.807) is 41.3 Å². The number of ether oxygens (including phenoxy) is 3. The lowest BCUT2D eigenvalue weighted by molar-refractivity contribution is -0.179. The number of aliphatic carboxylic acids is 1. The number of benzene rings is 4. The van der Waals surface area contributed by atoms with Crippen LogP contribution in [0.2, 0.25) is 0 Å². The molecule has 0 aliphatic carbocycles. The number of phenols is 1. The van der Waals surface area contributed by atoms with Gasteiger partial charge in [-0.3, -0.25) is 19.3 Å². The molecule has 0 saturated carbocycles. The van der Waals surface area contributed by atoms with Crippen LogP contribution in [-0.2, 0) is 34.0 Å². The van der Waals surface area contributed by atoms with Gasteiger partial charge in [0.25, 0.3) is 0 Å². The number of anilines is 1. The Bertz CT molecular complexity index is 1870. The Labute approximate surface area is 275 Å². The quantitative estimate of drug-likeness (QED) is 0.209. The maximum atomic E-state index is 15.2. The highest BCUT2D eigenvalue weighted by molar-refractivity contribution is 6.23. The van der Waals surface area contributed by atoms with Gasteiger partial charge in [-0.25, -0.2) is 9.69 Å². The molecule has 48 heavy (non-hydrogen) atoms. The number of para-hydroxylation sites is 1. The fourth-order valence-electron chi connectivity index (χ4n) is 7.76. The summed E-state index contributed by atoms with van der Waals surface area (Å²) >= 11 is 0. The molecule has 4 aromatic rings. The molecule has 3 aliphatic heterocycles. The van der Waals surface area contributed by atoms with Gasteiger partial charge in [0.15, 0.2) is 0 Å². The molecule has 3 aliphatic rings. The van der Waals surface area contributed by atoms with Crippen LogP contribution in [0.5, 0.6) is 5.75 Å². The standard InChI is InChI=1S/C37H32N2O9/c1-46-20-21-47-36(45)38-27-15-9-8-14-26(27)37(35(38)44)28(33(41)42)30-34(43)48-31(23-12-6-3-7-13-23)29(22-10-4-2-5-11-22)39(30)32(37)24-16-18-25(40)19-17-24/h2-19,28-32,40H,20-21H2,1H3,(H,41,42)/t28-,29-,30-,31+,32+,37-/m1/s1. The van der Waals surface area contributed by atoms with Crippen molar-refractivity contribution in [2.24, 2.45) is 5.92 Å². The van der Waals surface area contributed by atoms with Crippen LogP contribution in [0, 0.1) is 5.92 Å². The predicted molar refractivity (Wildman–Crippen MR) is 171 cm³/mol. The van der Waals surface area contributed by atoms with E-state index >= 15 is 4.79 Å². The Morgan fingerprint density at radius 2 is 1.42 bits per heavy atom. The number of imide groups is 1. The van der Waals surface area contributed by atoms with E-state index in [9.17, 15) is 24.6 Å². The highest BCUT2D eigenvalue weighted by Gasteiger charge is 2.76. The first-order valence-corrected chi connectivity index (χ1v) is 15.5. The highest BCUT2D eigenvalue weighted by atomic mass is 16.6. The summed E-state index contributed by atoms with van der Waals surface area (Å²) in [7, 11) is 1.44. The van der Waals surface area contributed by atoms with E-state index in [0.717, 1.165) is 10.5 Å². The zero-order valence-electron chi connectivity index (χ0n) is 25.8. The van der Waals surface area contributed by atoms with E-state index in [0.29, 0.717) is 11.1 Å². The zero-order chi connectivity index (χ0) is 33.6. The molecule has 2 N–H and O–H groups in total. The molecule has 0 bridgehead atoms. The lowest BCUT2D eigenvalue weighted by Gasteiger charge is -2.46. The van der Waals surface area contributed by atoms with Gasteiger partial charge in [0.1, 0.15) is 35.8 Å². The first kappa shape index (κ1) is 31.1. The number of carboxylic acid groups (broad SMARTS) is 1. The normalized spacial score (nSPS) is 26.2. The molecule has 244 valence electrons.